The van der Waals surface area contributed by atoms with Gasteiger partial charge in [-0.2, -0.15) is 0 Å². The van der Waals surface area contributed by atoms with Crippen LogP contribution in [0.4, 0.5) is 4.39 Å². The molecule has 18 heavy (non-hydrogen) atoms. The standard InChI is InChI=1S/C12H9BrClFN2O/c13-7-3-8(15)5-9(4-7)18-12-2-1-10(14)11(6-16)17-12/h1-5H,6,16H2. The van der Waals surface area contributed by atoms with E-state index in [0.29, 0.717) is 26.8 Å². The minimum Gasteiger partial charge on any atom is -0.439 e. The van der Waals surface area contributed by atoms with Gasteiger partial charge in [0.2, 0.25) is 5.88 Å². The van der Waals surface area contributed by atoms with Crippen molar-refractivity contribution < 1.29 is 9.13 Å². The van der Waals surface area contributed by atoms with Crippen LogP contribution in [-0.4, -0.2) is 4.98 Å². The van der Waals surface area contributed by atoms with Gasteiger partial charge in [-0.1, -0.05) is 27.5 Å². The fraction of sp³-hybridized carbons (Fsp3) is 0.0833. The predicted molar refractivity (Wildman–Crippen MR) is 71.3 cm³/mol. The Morgan fingerprint density at radius 3 is 2.78 bits per heavy atom. The Kier molecular flexibility index (Phi) is 4.16. The van der Waals surface area contributed by atoms with E-state index in [1.54, 1.807) is 18.2 Å². The number of halogens is 3. The van der Waals surface area contributed by atoms with Gasteiger partial charge in [0, 0.05) is 23.2 Å². The van der Waals surface area contributed by atoms with Crippen LogP contribution in [0.3, 0.4) is 0 Å². The Balaban J connectivity index is 2.28. The van der Waals surface area contributed by atoms with E-state index in [2.05, 4.69) is 20.9 Å². The molecule has 0 fully saturated rings. The molecule has 1 aromatic carbocycles. The second-order valence-electron chi connectivity index (χ2n) is 3.49. The van der Waals surface area contributed by atoms with E-state index in [1.807, 2.05) is 0 Å². The van der Waals surface area contributed by atoms with E-state index in [-0.39, 0.29) is 6.54 Å². The van der Waals surface area contributed by atoms with Crippen molar-refractivity contribution in [3.8, 4) is 11.6 Å². The molecule has 0 amide bonds. The third kappa shape index (κ3) is 3.19. The normalized spacial score (nSPS) is 10.4. The van der Waals surface area contributed by atoms with Crippen molar-refractivity contribution in [3.63, 3.8) is 0 Å². The SMILES string of the molecule is NCc1nc(Oc2cc(F)cc(Br)c2)ccc1Cl. The highest BCUT2D eigenvalue weighted by molar-refractivity contribution is 9.10. The van der Waals surface area contributed by atoms with E-state index in [4.69, 9.17) is 22.1 Å². The third-order valence-electron chi connectivity index (χ3n) is 2.14. The highest BCUT2D eigenvalue weighted by atomic mass is 79.9. The average molecular weight is 332 g/mol. The molecule has 0 atom stereocenters. The summed E-state index contributed by atoms with van der Waals surface area (Å²) in [4.78, 5) is 4.13. The quantitative estimate of drug-likeness (QED) is 0.928. The fourth-order valence-electron chi connectivity index (χ4n) is 1.37. The number of hydrogen-bond acceptors (Lipinski definition) is 3. The number of rotatable bonds is 3. The lowest BCUT2D eigenvalue weighted by Crippen LogP contribution is -2.01. The highest BCUT2D eigenvalue weighted by Crippen LogP contribution is 2.26. The van der Waals surface area contributed by atoms with Gasteiger partial charge in [0.05, 0.1) is 10.7 Å². The smallest absolute Gasteiger partial charge is 0.219 e. The lowest BCUT2D eigenvalue weighted by molar-refractivity contribution is 0.455. The molecule has 2 rings (SSSR count). The summed E-state index contributed by atoms with van der Waals surface area (Å²) in [5, 5.41) is 0.477. The van der Waals surface area contributed by atoms with E-state index in [9.17, 15) is 4.39 Å². The first kappa shape index (κ1) is 13.3. The monoisotopic (exact) mass is 330 g/mol. The second-order valence-corrected chi connectivity index (χ2v) is 4.81. The van der Waals surface area contributed by atoms with E-state index in [0.717, 1.165) is 0 Å². The van der Waals surface area contributed by atoms with Crippen LogP contribution < -0.4 is 10.5 Å². The number of nitrogens with zero attached hydrogens (tertiary/aromatic N) is 1. The summed E-state index contributed by atoms with van der Waals surface area (Å²) >= 11 is 9.07. The van der Waals surface area contributed by atoms with Gasteiger partial charge in [-0.3, -0.25) is 0 Å². The van der Waals surface area contributed by atoms with Crippen molar-refractivity contribution in [2.75, 3.05) is 0 Å². The minimum absolute atomic E-state index is 0.211. The maximum atomic E-state index is 13.2. The van der Waals surface area contributed by atoms with Crippen LogP contribution in [-0.2, 0) is 6.54 Å². The summed E-state index contributed by atoms with van der Waals surface area (Å²) in [7, 11) is 0. The molecule has 2 N–H and O–H groups in total. The van der Waals surface area contributed by atoms with Crippen LogP contribution >= 0.6 is 27.5 Å². The van der Waals surface area contributed by atoms with Crippen molar-refractivity contribution in [1.82, 2.24) is 4.98 Å². The summed E-state index contributed by atoms with van der Waals surface area (Å²) in [6.07, 6.45) is 0. The fourth-order valence-corrected chi connectivity index (χ4v) is 2.00. The molecule has 0 saturated carbocycles. The topological polar surface area (TPSA) is 48.1 Å². The van der Waals surface area contributed by atoms with Crippen molar-refractivity contribution >= 4 is 27.5 Å². The van der Waals surface area contributed by atoms with Gasteiger partial charge in [0.25, 0.3) is 0 Å². The molecule has 0 spiro atoms. The predicted octanol–water partition coefficient (Wildman–Crippen LogP) is 3.89. The molecule has 0 aliphatic carbocycles. The largest absolute Gasteiger partial charge is 0.439 e. The summed E-state index contributed by atoms with van der Waals surface area (Å²) < 4.78 is 19.2. The van der Waals surface area contributed by atoms with Gasteiger partial charge in [-0.15, -0.1) is 0 Å². The first-order valence-electron chi connectivity index (χ1n) is 5.08. The number of aromatic nitrogens is 1. The van der Waals surface area contributed by atoms with E-state index < -0.39 is 5.82 Å². The molecule has 94 valence electrons. The zero-order chi connectivity index (χ0) is 13.1. The lowest BCUT2D eigenvalue weighted by Gasteiger charge is -2.07. The Morgan fingerprint density at radius 1 is 1.33 bits per heavy atom. The first-order valence-corrected chi connectivity index (χ1v) is 6.25. The van der Waals surface area contributed by atoms with Gasteiger partial charge in [-0.25, -0.2) is 9.37 Å². The minimum atomic E-state index is -0.396. The molecular weight excluding hydrogens is 322 g/mol. The molecule has 1 heterocycles. The first-order chi connectivity index (χ1) is 8.58. The molecule has 3 nitrogen and oxygen atoms in total. The highest BCUT2D eigenvalue weighted by Gasteiger charge is 2.06. The van der Waals surface area contributed by atoms with Gasteiger partial charge >= 0.3 is 0 Å². The van der Waals surface area contributed by atoms with E-state index in [1.165, 1.54) is 12.1 Å². The summed E-state index contributed by atoms with van der Waals surface area (Å²) in [6, 6.07) is 7.48. The van der Waals surface area contributed by atoms with Gasteiger partial charge in [0.1, 0.15) is 11.6 Å². The zero-order valence-electron chi connectivity index (χ0n) is 9.16. The maximum Gasteiger partial charge on any atom is 0.219 e. The average Bonchev–Trinajstić information content (AvgIpc) is 2.30. The Bertz CT molecular complexity index is 560. The Labute approximate surface area is 117 Å². The number of nitrogens with two attached hydrogens (primary N) is 1. The van der Waals surface area contributed by atoms with Crippen molar-refractivity contribution in [2.45, 2.75) is 6.54 Å². The number of ether oxygens (including phenoxy) is 1. The molecule has 0 bridgehead atoms. The van der Waals surface area contributed by atoms with Gasteiger partial charge in [-0.05, 0) is 18.2 Å². The molecular formula is C12H9BrClFN2O. The maximum absolute atomic E-state index is 13.2. The van der Waals surface area contributed by atoms with Crippen molar-refractivity contribution in [2.24, 2.45) is 5.73 Å². The van der Waals surface area contributed by atoms with Gasteiger partial charge in [0.15, 0.2) is 0 Å². The molecule has 0 aliphatic rings. The molecule has 0 saturated heterocycles. The summed E-state index contributed by atoms with van der Waals surface area (Å²) in [6.45, 7) is 0.211. The molecule has 0 unspecified atom stereocenters. The molecule has 0 aliphatic heterocycles. The summed E-state index contributed by atoms with van der Waals surface area (Å²) in [5.41, 5.74) is 6.02. The van der Waals surface area contributed by atoms with Crippen molar-refractivity contribution in [3.05, 3.63) is 51.3 Å². The number of benzene rings is 1. The van der Waals surface area contributed by atoms with Crippen LogP contribution in [0.25, 0.3) is 0 Å². The number of pyridine rings is 1. The number of hydrogen-bond donors (Lipinski definition) is 1. The molecule has 2 aromatic rings. The van der Waals surface area contributed by atoms with Crippen LogP contribution in [0.2, 0.25) is 5.02 Å². The van der Waals surface area contributed by atoms with Crippen molar-refractivity contribution in [1.29, 1.82) is 0 Å². The second kappa shape index (κ2) is 5.65. The molecule has 1 aromatic heterocycles. The van der Waals surface area contributed by atoms with Crippen LogP contribution in [0.5, 0.6) is 11.6 Å². The van der Waals surface area contributed by atoms with E-state index >= 15 is 0 Å². The molecule has 0 radical (unpaired) electrons. The third-order valence-corrected chi connectivity index (χ3v) is 2.95. The van der Waals surface area contributed by atoms with Gasteiger partial charge < -0.3 is 10.5 Å². The van der Waals surface area contributed by atoms with Crippen LogP contribution in [0.15, 0.2) is 34.8 Å². The Morgan fingerprint density at radius 2 is 2.11 bits per heavy atom. The lowest BCUT2D eigenvalue weighted by atomic mass is 10.3. The Hall–Kier alpha value is -1.17. The van der Waals surface area contributed by atoms with Crippen LogP contribution in [0.1, 0.15) is 5.69 Å². The zero-order valence-corrected chi connectivity index (χ0v) is 11.5. The van der Waals surface area contributed by atoms with Crippen LogP contribution in [0, 0.1) is 5.82 Å². The molecule has 6 heteroatoms. The summed E-state index contributed by atoms with van der Waals surface area (Å²) in [5.74, 6) is 0.268.